The summed E-state index contributed by atoms with van der Waals surface area (Å²) in [4.78, 5) is 2.73. The van der Waals surface area contributed by atoms with E-state index in [4.69, 9.17) is 0 Å². The van der Waals surface area contributed by atoms with Gasteiger partial charge in [0.2, 0.25) is 0 Å². The maximum absolute atomic E-state index is 2.73. The molecule has 14 heavy (non-hydrogen) atoms. The van der Waals surface area contributed by atoms with Crippen molar-refractivity contribution < 1.29 is 0 Å². The van der Waals surface area contributed by atoms with Crippen LogP contribution < -0.4 is 0 Å². The first-order chi connectivity index (χ1) is 6.61. The van der Waals surface area contributed by atoms with Crippen LogP contribution in [-0.4, -0.2) is 23.5 Å². The highest BCUT2D eigenvalue weighted by Gasteiger charge is 2.23. The maximum Gasteiger partial charge on any atom is 0.00980 e. The Balaban J connectivity index is 2.47. The van der Waals surface area contributed by atoms with Crippen molar-refractivity contribution in [2.75, 3.05) is 6.54 Å². The first kappa shape index (κ1) is 12.0. The zero-order valence-corrected chi connectivity index (χ0v) is 10.4. The van der Waals surface area contributed by atoms with Crippen molar-refractivity contribution in [2.45, 2.75) is 71.9 Å². The van der Waals surface area contributed by atoms with Crippen LogP contribution in [0.4, 0.5) is 0 Å². The summed E-state index contributed by atoms with van der Waals surface area (Å²) < 4.78 is 0. The summed E-state index contributed by atoms with van der Waals surface area (Å²) in [7, 11) is 0. The van der Waals surface area contributed by atoms with Gasteiger partial charge in [-0.1, -0.05) is 33.1 Å². The highest BCUT2D eigenvalue weighted by molar-refractivity contribution is 4.78. The van der Waals surface area contributed by atoms with Gasteiger partial charge in [0, 0.05) is 18.6 Å². The minimum absolute atomic E-state index is 0.723. The molecule has 1 aliphatic rings. The summed E-state index contributed by atoms with van der Waals surface area (Å²) in [5.41, 5.74) is 0. The van der Waals surface area contributed by atoms with Crippen LogP contribution in [0.15, 0.2) is 0 Å². The first-order valence-corrected chi connectivity index (χ1v) is 6.37. The van der Waals surface area contributed by atoms with Gasteiger partial charge in [-0.3, -0.25) is 4.90 Å². The smallest absolute Gasteiger partial charge is 0.00980 e. The molecule has 0 spiro atoms. The monoisotopic (exact) mass is 197 g/mol. The van der Waals surface area contributed by atoms with Crippen LogP contribution in [0.1, 0.15) is 59.8 Å². The molecule has 0 unspecified atom stereocenters. The van der Waals surface area contributed by atoms with E-state index in [0.717, 1.165) is 18.0 Å². The van der Waals surface area contributed by atoms with Crippen LogP contribution in [0.25, 0.3) is 0 Å². The van der Waals surface area contributed by atoms with Crippen molar-refractivity contribution in [3.05, 3.63) is 0 Å². The lowest BCUT2D eigenvalue weighted by Gasteiger charge is -2.38. The number of rotatable bonds is 4. The van der Waals surface area contributed by atoms with E-state index in [-0.39, 0.29) is 0 Å². The Morgan fingerprint density at radius 2 is 1.57 bits per heavy atom. The van der Waals surface area contributed by atoms with Gasteiger partial charge in [-0.05, 0) is 32.6 Å². The second kappa shape index (κ2) is 5.75. The maximum atomic E-state index is 2.73. The molecule has 0 aromatic heterocycles. The Morgan fingerprint density at radius 3 is 2.00 bits per heavy atom. The summed E-state index contributed by atoms with van der Waals surface area (Å²) >= 11 is 0. The van der Waals surface area contributed by atoms with Gasteiger partial charge in [0.15, 0.2) is 0 Å². The molecule has 0 saturated heterocycles. The molecule has 0 atom stereocenters. The highest BCUT2D eigenvalue weighted by atomic mass is 15.2. The normalized spacial score (nSPS) is 19.9. The number of nitrogens with zero attached hydrogens (tertiary/aromatic N) is 1. The Kier molecular flexibility index (Phi) is 4.94. The van der Waals surface area contributed by atoms with E-state index >= 15 is 0 Å². The molecule has 0 N–H and O–H groups in total. The van der Waals surface area contributed by atoms with Crippen molar-refractivity contribution in [1.29, 1.82) is 0 Å². The Bertz CT molecular complexity index is 145. The molecule has 0 aliphatic heterocycles. The van der Waals surface area contributed by atoms with E-state index < -0.39 is 0 Å². The third-order valence-corrected chi connectivity index (χ3v) is 3.28. The minimum atomic E-state index is 0.723. The molecule has 0 aromatic rings. The van der Waals surface area contributed by atoms with Gasteiger partial charge in [0.1, 0.15) is 0 Å². The number of hydrogen-bond donors (Lipinski definition) is 0. The van der Waals surface area contributed by atoms with Crippen LogP contribution in [0, 0.1) is 5.92 Å². The molecule has 1 aliphatic carbocycles. The zero-order valence-electron chi connectivity index (χ0n) is 10.4. The molecular formula is C13H27N. The predicted octanol–water partition coefficient (Wildman–Crippen LogP) is 3.69. The molecule has 0 amide bonds. The zero-order chi connectivity index (χ0) is 10.6. The van der Waals surface area contributed by atoms with Gasteiger partial charge in [0.25, 0.3) is 0 Å². The van der Waals surface area contributed by atoms with Gasteiger partial charge >= 0.3 is 0 Å². The van der Waals surface area contributed by atoms with E-state index in [1.54, 1.807) is 0 Å². The van der Waals surface area contributed by atoms with Crippen LogP contribution in [0.3, 0.4) is 0 Å². The largest absolute Gasteiger partial charge is 0.298 e. The Labute approximate surface area is 89.9 Å². The fourth-order valence-electron chi connectivity index (χ4n) is 2.62. The van der Waals surface area contributed by atoms with Crippen LogP contribution in [0.5, 0.6) is 0 Å². The van der Waals surface area contributed by atoms with Crippen LogP contribution in [-0.2, 0) is 0 Å². The van der Waals surface area contributed by atoms with Gasteiger partial charge in [0.05, 0.1) is 0 Å². The van der Waals surface area contributed by atoms with E-state index in [1.807, 2.05) is 0 Å². The minimum Gasteiger partial charge on any atom is -0.298 e. The van der Waals surface area contributed by atoms with Crippen molar-refractivity contribution in [3.63, 3.8) is 0 Å². The molecule has 84 valence electrons. The van der Waals surface area contributed by atoms with Gasteiger partial charge in [-0.2, -0.15) is 0 Å². The topological polar surface area (TPSA) is 3.24 Å². The summed E-state index contributed by atoms with van der Waals surface area (Å²) in [6.45, 7) is 10.6. The summed E-state index contributed by atoms with van der Waals surface area (Å²) in [5, 5.41) is 0. The molecule has 1 fully saturated rings. The predicted molar refractivity (Wildman–Crippen MR) is 63.6 cm³/mol. The second-order valence-corrected chi connectivity index (χ2v) is 5.48. The third kappa shape index (κ3) is 3.61. The van der Waals surface area contributed by atoms with Crippen LogP contribution >= 0.6 is 0 Å². The lowest BCUT2D eigenvalue weighted by atomic mass is 9.92. The molecule has 0 radical (unpaired) electrons. The van der Waals surface area contributed by atoms with E-state index in [9.17, 15) is 0 Å². The van der Waals surface area contributed by atoms with E-state index in [0.29, 0.717) is 0 Å². The van der Waals surface area contributed by atoms with E-state index in [1.165, 1.54) is 38.6 Å². The highest BCUT2D eigenvalue weighted by Crippen LogP contribution is 2.24. The standard InChI is InChI=1S/C13H27N/c1-11(2)10-14(12(3)4)13-8-6-5-7-9-13/h11-13H,5-10H2,1-4H3. The fraction of sp³-hybridized carbons (Fsp3) is 1.00. The fourth-order valence-corrected chi connectivity index (χ4v) is 2.62. The molecule has 1 heteroatoms. The molecule has 0 bridgehead atoms. The van der Waals surface area contributed by atoms with Crippen molar-refractivity contribution in [2.24, 2.45) is 5.92 Å². The van der Waals surface area contributed by atoms with Crippen molar-refractivity contribution in [1.82, 2.24) is 4.90 Å². The first-order valence-electron chi connectivity index (χ1n) is 6.37. The molecule has 1 rings (SSSR count). The summed E-state index contributed by atoms with van der Waals surface area (Å²) in [6.07, 6.45) is 7.23. The SMILES string of the molecule is CC(C)CN(C(C)C)C1CCCCC1. The Morgan fingerprint density at radius 1 is 1.00 bits per heavy atom. The third-order valence-electron chi connectivity index (χ3n) is 3.28. The molecular weight excluding hydrogens is 170 g/mol. The van der Waals surface area contributed by atoms with Crippen molar-refractivity contribution in [3.8, 4) is 0 Å². The Hall–Kier alpha value is -0.0400. The van der Waals surface area contributed by atoms with Crippen molar-refractivity contribution >= 4 is 0 Å². The molecule has 1 saturated carbocycles. The lowest BCUT2D eigenvalue weighted by Crippen LogP contribution is -2.43. The molecule has 0 aromatic carbocycles. The van der Waals surface area contributed by atoms with E-state index in [2.05, 4.69) is 32.6 Å². The van der Waals surface area contributed by atoms with Gasteiger partial charge < -0.3 is 0 Å². The second-order valence-electron chi connectivity index (χ2n) is 5.48. The quantitative estimate of drug-likeness (QED) is 0.664. The summed E-state index contributed by atoms with van der Waals surface area (Å²) in [6, 6.07) is 1.60. The van der Waals surface area contributed by atoms with Gasteiger partial charge in [-0.25, -0.2) is 0 Å². The average molecular weight is 197 g/mol. The number of hydrogen-bond acceptors (Lipinski definition) is 1. The molecule has 0 heterocycles. The van der Waals surface area contributed by atoms with Gasteiger partial charge in [-0.15, -0.1) is 0 Å². The molecule has 1 nitrogen and oxygen atoms in total. The average Bonchev–Trinajstić information content (AvgIpc) is 2.15. The van der Waals surface area contributed by atoms with Crippen LogP contribution in [0.2, 0.25) is 0 Å². The lowest BCUT2D eigenvalue weighted by molar-refractivity contribution is 0.106. The summed E-state index contributed by atoms with van der Waals surface area (Å²) in [5.74, 6) is 0.805.